The van der Waals surface area contributed by atoms with Crippen molar-refractivity contribution in [1.82, 2.24) is 19.9 Å². The lowest BCUT2D eigenvalue weighted by Crippen LogP contribution is -2.01. The molecule has 2 heterocycles. The summed E-state index contributed by atoms with van der Waals surface area (Å²) in [4.78, 5) is 40.2. The third kappa shape index (κ3) is 21.1. The van der Waals surface area contributed by atoms with Crippen molar-refractivity contribution in [2.75, 3.05) is 26.4 Å². The summed E-state index contributed by atoms with van der Waals surface area (Å²) in [6.07, 6.45) is 29.4. The van der Waals surface area contributed by atoms with Gasteiger partial charge >= 0.3 is 11.9 Å². The Kier molecular flexibility index (Phi) is 25.1. The van der Waals surface area contributed by atoms with Gasteiger partial charge in [0, 0.05) is 29.3 Å². The fraction of sp³-hybridized carbons (Fsp3) is 0.421. The SMILES string of the molecule is C=CC(=O)OCCCCCCCCCCCOc1cnc(-c2ccc(COc3ccc(C#N)cc3OCc3ccc(-c4ncc(OCCCCCCCCCCCOC(=O)C=C)cn4)cc3)cc2)nc1. The van der Waals surface area contributed by atoms with Crippen molar-refractivity contribution >= 4 is 11.9 Å². The van der Waals surface area contributed by atoms with E-state index in [9.17, 15) is 14.9 Å². The van der Waals surface area contributed by atoms with E-state index in [4.69, 9.17) is 28.4 Å². The molecule has 0 aliphatic heterocycles. The second-order valence-electron chi connectivity index (χ2n) is 17.0. The fourth-order valence-electron chi connectivity index (χ4n) is 7.44. The van der Waals surface area contributed by atoms with Gasteiger partial charge in [0.1, 0.15) is 13.2 Å². The maximum atomic E-state index is 11.1. The van der Waals surface area contributed by atoms with Crippen LogP contribution in [0.3, 0.4) is 0 Å². The normalized spacial score (nSPS) is 10.7. The number of nitrogens with zero attached hydrogens (tertiary/aromatic N) is 5. The summed E-state index contributed by atoms with van der Waals surface area (Å²) < 4.78 is 34.2. The van der Waals surface area contributed by atoms with E-state index in [0.717, 1.165) is 80.0 Å². The van der Waals surface area contributed by atoms with Gasteiger partial charge in [-0.3, -0.25) is 0 Å². The molecule has 370 valence electrons. The Morgan fingerprint density at radius 1 is 0.457 bits per heavy atom. The Labute approximate surface area is 414 Å². The van der Waals surface area contributed by atoms with Crippen molar-refractivity contribution in [2.24, 2.45) is 0 Å². The number of benzene rings is 3. The predicted octanol–water partition coefficient (Wildman–Crippen LogP) is 12.9. The third-order valence-corrected chi connectivity index (χ3v) is 11.5. The number of esters is 2. The lowest BCUT2D eigenvalue weighted by Gasteiger charge is -2.14. The first-order valence-corrected chi connectivity index (χ1v) is 24.9. The minimum atomic E-state index is -0.348. The average molecular weight is 952 g/mol. The van der Waals surface area contributed by atoms with E-state index in [-0.39, 0.29) is 18.5 Å². The van der Waals surface area contributed by atoms with Gasteiger partial charge in [0.05, 0.1) is 62.8 Å². The first-order chi connectivity index (χ1) is 34.4. The molecule has 70 heavy (non-hydrogen) atoms. The van der Waals surface area contributed by atoms with Crippen LogP contribution in [0, 0.1) is 11.3 Å². The molecule has 0 saturated heterocycles. The molecule has 0 fully saturated rings. The first-order valence-electron chi connectivity index (χ1n) is 24.9. The van der Waals surface area contributed by atoms with Gasteiger partial charge in [0.25, 0.3) is 0 Å². The van der Waals surface area contributed by atoms with E-state index in [2.05, 4.69) is 39.2 Å². The molecule has 2 aromatic heterocycles. The molecule has 0 saturated carbocycles. The Hall–Kier alpha value is -7.07. The third-order valence-electron chi connectivity index (χ3n) is 11.5. The molecule has 13 heteroatoms. The van der Waals surface area contributed by atoms with Gasteiger partial charge in [0.15, 0.2) is 34.6 Å². The Morgan fingerprint density at radius 2 is 0.814 bits per heavy atom. The van der Waals surface area contributed by atoms with Gasteiger partial charge in [-0.05, 0) is 48.9 Å². The number of nitriles is 1. The number of hydrogen-bond acceptors (Lipinski definition) is 13. The lowest BCUT2D eigenvalue weighted by atomic mass is 10.1. The summed E-state index contributed by atoms with van der Waals surface area (Å²) in [5, 5.41) is 9.59. The van der Waals surface area contributed by atoms with Crippen LogP contribution in [-0.2, 0) is 32.3 Å². The zero-order valence-corrected chi connectivity index (χ0v) is 40.7. The van der Waals surface area contributed by atoms with Crippen LogP contribution in [0.1, 0.15) is 132 Å². The quantitative estimate of drug-likeness (QED) is 0.0212. The van der Waals surface area contributed by atoms with Crippen LogP contribution in [0.25, 0.3) is 22.8 Å². The molecular weight excluding hydrogens is 883 g/mol. The van der Waals surface area contributed by atoms with Gasteiger partial charge in [-0.1, -0.05) is 152 Å². The molecular formula is C57H69N5O8. The smallest absolute Gasteiger partial charge is 0.330 e. The summed E-state index contributed by atoms with van der Waals surface area (Å²) >= 11 is 0. The van der Waals surface area contributed by atoms with E-state index in [1.807, 2.05) is 48.5 Å². The maximum absolute atomic E-state index is 11.1. The molecule has 0 spiro atoms. The molecule has 0 N–H and O–H groups in total. The zero-order chi connectivity index (χ0) is 49.3. The maximum Gasteiger partial charge on any atom is 0.330 e. The van der Waals surface area contributed by atoms with Gasteiger partial charge in [-0.2, -0.15) is 5.26 Å². The zero-order valence-electron chi connectivity index (χ0n) is 40.7. The van der Waals surface area contributed by atoms with Crippen LogP contribution in [0.5, 0.6) is 23.0 Å². The van der Waals surface area contributed by atoms with Crippen LogP contribution in [0.4, 0.5) is 0 Å². The van der Waals surface area contributed by atoms with Crippen molar-refractivity contribution in [1.29, 1.82) is 5.26 Å². The predicted molar refractivity (Wildman–Crippen MR) is 271 cm³/mol. The van der Waals surface area contributed by atoms with Crippen LogP contribution >= 0.6 is 0 Å². The summed E-state index contributed by atoms with van der Waals surface area (Å²) in [7, 11) is 0. The minimum absolute atomic E-state index is 0.274. The largest absolute Gasteiger partial charge is 0.490 e. The number of hydrogen-bond donors (Lipinski definition) is 0. The molecule has 0 unspecified atom stereocenters. The van der Waals surface area contributed by atoms with E-state index in [0.29, 0.717) is 73.2 Å². The number of carbonyl (C=O) groups excluding carboxylic acids is 2. The average Bonchev–Trinajstić information content (AvgIpc) is 3.40. The van der Waals surface area contributed by atoms with Crippen molar-refractivity contribution in [3.63, 3.8) is 0 Å². The summed E-state index contributed by atoms with van der Waals surface area (Å²) in [6.45, 7) is 9.60. The summed E-state index contributed by atoms with van der Waals surface area (Å²) in [5.74, 6) is 2.85. The highest BCUT2D eigenvalue weighted by Gasteiger charge is 2.11. The lowest BCUT2D eigenvalue weighted by molar-refractivity contribution is -0.138. The van der Waals surface area contributed by atoms with E-state index >= 15 is 0 Å². The number of aromatic nitrogens is 4. The van der Waals surface area contributed by atoms with Crippen LogP contribution in [-0.4, -0.2) is 58.3 Å². The van der Waals surface area contributed by atoms with E-state index < -0.39 is 0 Å². The molecule has 13 nitrogen and oxygen atoms in total. The summed E-state index contributed by atoms with van der Waals surface area (Å²) in [6, 6.07) is 23.1. The fourth-order valence-corrected chi connectivity index (χ4v) is 7.44. The monoisotopic (exact) mass is 952 g/mol. The highest BCUT2D eigenvalue weighted by molar-refractivity contribution is 5.81. The van der Waals surface area contributed by atoms with Gasteiger partial charge in [-0.15, -0.1) is 0 Å². The highest BCUT2D eigenvalue weighted by atomic mass is 16.5. The second-order valence-corrected chi connectivity index (χ2v) is 17.0. The molecule has 0 aliphatic carbocycles. The molecule has 3 aromatic carbocycles. The Bertz CT molecular complexity index is 2330. The molecule has 5 aromatic rings. The second kappa shape index (κ2) is 32.6. The minimum Gasteiger partial charge on any atom is -0.490 e. The van der Waals surface area contributed by atoms with Crippen LogP contribution in [0.2, 0.25) is 0 Å². The topological polar surface area (TPSA) is 165 Å². The number of rotatable bonds is 36. The van der Waals surface area contributed by atoms with E-state index in [1.165, 1.54) is 69.9 Å². The Balaban J connectivity index is 0.951. The van der Waals surface area contributed by atoms with Crippen molar-refractivity contribution in [2.45, 2.75) is 129 Å². The van der Waals surface area contributed by atoms with Crippen molar-refractivity contribution < 1.29 is 38.0 Å². The number of ether oxygens (including phenoxy) is 6. The van der Waals surface area contributed by atoms with E-state index in [1.54, 1.807) is 43.0 Å². The molecule has 0 aliphatic rings. The van der Waals surface area contributed by atoms with Crippen molar-refractivity contribution in [3.8, 4) is 51.8 Å². The molecule has 0 atom stereocenters. The summed E-state index contributed by atoms with van der Waals surface area (Å²) in [5.41, 5.74) is 4.12. The highest BCUT2D eigenvalue weighted by Crippen LogP contribution is 2.31. The standard InChI is InChI=1S/C57H69N5O8/c1-3-54(63)67-35-21-17-13-9-5-7-11-15-19-33-65-50-39-59-56(60-40-50)48-28-23-45(24-29-48)43-69-52-32-27-47(38-58)37-53(52)70-44-46-25-30-49(31-26-46)57-61-41-51(42-62-57)66-34-20-16-12-8-6-10-14-18-22-36-68-55(64)4-2/h3-4,23-32,37,39-42H,1-2,5-22,33-36,43-44H2. The molecule has 0 radical (unpaired) electrons. The number of carbonyl (C=O) groups is 2. The number of unbranched alkanes of at least 4 members (excludes halogenated alkanes) is 16. The molecule has 0 bridgehead atoms. The van der Waals surface area contributed by atoms with Crippen molar-refractivity contribution in [3.05, 3.63) is 134 Å². The van der Waals surface area contributed by atoms with Gasteiger partial charge < -0.3 is 28.4 Å². The first kappa shape index (κ1) is 53.9. The molecule has 5 rings (SSSR count). The van der Waals surface area contributed by atoms with Gasteiger partial charge in [0.2, 0.25) is 0 Å². The Morgan fingerprint density at radius 3 is 1.19 bits per heavy atom. The molecule has 0 amide bonds. The van der Waals surface area contributed by atoms with Crippen LogP contribution in [0.15, 0.2) is 117 Å². The van der Waals surface area contributed by atoms with Gasteiger partial charge in [-0.25, -0.2) is 29.5 Å². The van der Waals surface area contributed by atoms with Crippen LogP contribution < -0.4 is 18.9 Å².